The quantitative estimate of drug-likeness (QED) is 0.0862. The number of Topliss-reactive ketones (excluding diaryl/α,β-unsaturated/α-hetero) is 1. The van der Waals surface area contributed by atoms with Gasteiger partial charge in [0.2, 0.25) is 11.8 Å². The van der Waals surface area contributed by atoms with Gasteiger partial charge in [-0.3, -0.25) is 29.4 Å². The average Bonchev–Trinajstić information content (AvgIpc) is 3.68. The number of nitrogens with zero attached hydrogens (tertiary/aromatic N) is 2. The van der Waals surface area contributed by atoms with Gasteiger partial charge in [0.05, 0.1) is 19.2 Å². The Hall–Kier alpha value is -3.10. The fourth-order valence-electron chi connectivity index (χ4n) is 3.44. The molecule has 4 atom stereocenters. The summed E-state index contributed by atoms with van der Waals surface area (Å²) in [5.41, 5.74) is 7.34. The molecule has 0 aliphatic carbocycles. The van der Waals surface area contributed by atoms with Crippen LogP contribution in [-0.2, 0) is 38.2 Å². The summed E-state index contributed by atoms with van der Waals surface area (Å²) >= 11 is 0. The Kier molecular flexibility index (Phi) is 14.5. The van der Waals surface area contributed by atoms with Crippen molar-refractivity contribution in [2.24, 2.45) is 11.7 Å². The summed E-state index contributed by atoms with van der Waals surface area (Å²) in [7, 11) is 0. The number of hydrogen-bond acceptors (Lipinski definition) is 10. The average molecular weight is 543 g/mol. The van der Waals surface area contributed by atoms with E-state index in [1.165, 1.54) is 0 Å². The molecular formula is C24H42N6O8. The van der Waals surface area contributed by atoms with Crippen LogP contribution in [0.2, 0.25) is 0 Å². The number of hydrazine groups is 1. The number of amides is 4. The molecule has 1 saturated heterocycles. The molecular weight excluding hydrogens is 500 g/mol. The van der Waals surface area contributed by atoms with E-state index in [0.717, 1.165) is 19.6 Å². The van der Waals surface area contributed by atoms with Crippen LogP contribution in [0.15, 0.2) is 0 Å². The highest BCUT2D eigenvalue weighted by molar-refractivity contribution is 5.96. The Morgan fingerprint density at radius 3 is 2.26 bits per heavy atom. The number of ketones is 1. The lowest BCUT2D eigenvalue weighted by Gasteiger charge is -2.22. The number of primary amides is 1. The summed E-state index contributed by atoms with van der Waals surface area (Å²) in [4.78, 5) is 75.2. The fourth-order valence-corrected chi connectivity index (χ4v) is 3.44. The molecule has 4 unspecified atom stereocenters. The summed E-state index contributed by atoms with van der Waals surface area (Å²) in [6.45, 7) is 11.5. The van der Waals surface area contributed by atoms with Gasteiger partial charge in [-0.2, -0.15) is 0 Å². The first-order valence-electron chi connectivity index (χ1n) is 12.9. The van der Waals surface area contributed by atoms with Crippen LogP contribution in [0.1, 0.15) is 47.5 Å². The van der Waals surface area contributed by atoms with Crippen molar-refractivity contribution in [1.29, 1.82) is 0 Å². The molecule has 0 saturated carbocycles. The van der Waals surface area contributed by atoms with Crippen LogP contribution in [-0.4, -0.2) is 109 Å². The number of ether oxygens (including phenoxy) is 2. The SMILES string of the molecule is CCCOC(=O)C1OC1C(=O)N(CC(N)=O)NC(=O)CNC(=O)C(C)CC(=O)C(C)NCCN(CC)CC. The van der Waals surface area contributed by atoms with E-state index in [-0.39, 0.29) is 18.8 Å². The van der Waals surface area contributed by atoms with Crippen molar-refractivity contribution in [2.75, 3.05) is 45.9 Å². The van der Waals surface area contributed by atoms with E-state index in [2.05, 4.69) is 34.8 Å². The van der Waals surface area contributed by atoms with Crippen LogP contribution in [0.5, 0.6) is 0 Å². The number of nitrogens with one attached hydrogen (secondary N) is 3. The van der Waals surface area contributed by atoms with Gasteiger partial charge < -0.3 is 30.7 Å². The first-order valence-corrected chi connectivity index (χ1v) is 12.9. The zero-order valence-corrected chi connectivity index (χ0v) is 22.9. The van der Waals surface area contributed by atoms with Gasteiger partial charge in [0, 0.05) is 25.4 Å². The molecule has 216 valence electrons. The Balaban J connectivity index is 2.50. The molecule has 4 amide bonds. The Morgan fingerprint density at radius 1 is 1.03 bits per heavy atom. The predicted molar refractivity (Wildman–Crippen MR) is 136 cm³/mol. The van der Waals surface area contributed by atoms with Crippen LogP contribution in [0.4, 0.5) is 0 Å². The fraction of sp³-hybridized carbons (Fsp3) is 0.750. The molecule has 0 radical (unpaired) electrons. The van der Waals surface area contributed by atoms with Crippen molar-refractivity contribution in [1.82, 2.24) is 26.0 Å². The topological polar surface area (TPSA) is 193 Å². The Morgan fingerprint density at radius 2 is 1.68 bits per heavy atom. The lowest BCUT2D eigenvalue weighted by Crippen LogP contribution is -2.54. The third-order valence-corrected chi connectivity index (χ3v) is 5.89. The minimum Gasteiger partial charge on any atom is -0.464 e. The molecule has 0 aromatic carbocycles. The second kappa shape index (κ2) is 16.7. The monoisotopic (exact) mass is 542 g/mol. The zero-order valence-electron chi connectivity index (χ0n) is 22.9. The third kappa shape index (κ3) is 11.5. The van der Waals surface area contributed by atoms with E-state index < -0.39 is 66.9 Å². The smallest absolute Gasteiger partial charge is 0.338 e. The van der Waals surface area contributed by atoms with E-state index in [1.54, 1.807) is 20.8 Å². The van der Waals surface area contributed by atoms with Gasteiger partial charge in [-0.1, -0.05) is 27.7 Å². The van der Waals surface area contributed by atoms with Crippen molar-refractivity contribution in [2.45, 2.75) is 65.7 Å². The summed E-state index contributed by atoms with van der Waals surface area (Å²) in [5, 5.41) is 6.19. The first-order chi connectivity index (χ1) is 17.9. The summed E-state index contributed by atoms with van der Waals surface area (Å²) < 4.78 is 9.95. The highest BCUT2D eigenvalue weighted by Gasteiger charge is 2.53. The van der Waals surface area contributed by atoms with Crippen molar-refractivity contribution in [3.8, 4) is 0 Å². The molecule has 1 heterocycles. The number of hydrogen-bond donors (Lipinski definition) is 4. The van der Waals surface area contributed by atoms with Crippen molar-refractivity contribution < 1.29 is 38.2 Å². The standard InChI is InChI=1S/C24H42N6O8/c1-6-11-37-24(36)21-20(38-21)23(35)30(14-18(25)32)28-19(33)13-27-22(34)15(4)12-17(31)16(5)26-9-10-29(7-2)8-3/h15-16,20-21,26H,6-14H2,1-5H3,(H2,25,32)(H,27,34)(H,28,33). The van der Waals surface area contributed by atoms with Gasteiger partial charge in [0.25, 0.3) is 11.8 Å². The second-order valence-electron chi connectivity index (χ2n) is 9.06. The number of carbonyl (C=O) groups is 6. The third-order valence-electron chi connectivity index (χ3n) is 5.89. The molecule has 0 aromatic heterocycles. The minimum atomic E-state index is -1.22. The van der Waals surface area contributed by atoms with E-state index in [0.29, 0.717) is 18.0 Å². The molecule has 38 heavy (non-hydrogen) atoms. The van der Waals surface area contributed by atoms with Crippen LogP contribution in [0.25, 0.3) is 0 Å². The van der Waals surface area contributed by atoms with E-state index in [1.807, 2.05) is 0 Å². The molecule has 0 aromatic rings. The van der Waals surface area contributed by atoms with Crippen molar-refractivity contribution in [3.05, 3.63) is 0 Å². The molecule has 1 aliphatic heterocycles. The van der Waals surface area contributed by atoms with Crippen LogP contribution in [0.3, 0.4) is 0 Å². The normalized spacial score (nSPS) is 17.7. The molecule has 1 fully saturated rings. The van der Waals surface area contributed by atoms with E-state index in [9.17, 15) is 28.8 Å². The number of carbonyl (C=O) groups excluding carboxylic acids is 6. The maximum absolute atomic E-state index is 12.6. The van der Waals surface area contributed by atoms with Gasteiger partial charge in [-0.25, -0.2) is 9.80 Å². The van der Waals surface area contributed by atoms with Gasteiger partial charge in [-0.05, 0) is 26.4 Å². The zero-order chi connectivity index (χ0) is 28.8. The minimum absolute atomic E-state index is 0.0201. The van der Waals surface area contributed by atoms with Gasteiger partial charge in [-0.15, -0.1) is 0 Å². The molecule has 0 spiro atoms. The number of epoxide rings is 1. The molecule has 1 rings (SSSR count). The van der Waals surface area contributed by atoms with Crippen LogP contribution < -0.4 is 21.8 Å². The summed E-state index contributed by atoms with van der Waals surface area (Å²) in [6, 6.07) is -0.426. The number of esters is 1. The molecule has 14 heteroatoms. The van der Waals surface area contributed by atoms with Crippen molar-refractivity contribution in [3.63, 3.8) is 0 Å². The van der Waals surface area contributed by atoms with Crippen LogP contribution in [0, 0.1) is 5.92 Å². The van der Waals surface area contributed by atoms with E-state index >= 15 is 0 Å². The molecule has 14 nitrogen and oxygen atoms in total. The maximum atomic E-state index is 12.6. The Bertz CT molecular complexity index is 850. The van der Waals surface area contributed by atoms with Gasteiger partial charge in [0.15, 0.2) is 12.2 Å². The lowest BCUT2D eigenvalue weighted by molar-refractivity contribution is -0.146. The second-order valence-corrected chi connectivity index (χ2v) is 9.06. The summed E-state index contributed by atoms with van der Waals surface area (Å²) in [6.07, 6.45) is -1.78. The van der Waals surface area contributed by atoms with Crippen LogP contribution >= 0.6 is 0 Å². The maximum Gasteiger partial charge on any atom is 0.338 e. The number of rotatable bonds is 18. The number of nitrogens with two attached hydrogens (primary N) is 1. The van der Waals surface area contributed by atoms with Gasteiger partial charge >= 0.3 is 5.97 Å². The predicted octanol–water partition coefficient (Wildman–Crippen LogP) is -1.92. The van der Waals surface area contributed by atoms with Crippen molar-refractivity contribution >= 4 is 35.4 Å². The molecule has 1 aliphatic rings. The lowest BCUT2D eigenvalue weighted by atomic mass is 10.00. The Labute approximate surface area is 223 Å². The summed E-state index contributed by atoms with van der Waals surface area (Å²) in [5.74, 6) is -4.67. The largest absolute Gasteiger partial charge is 0.464 e. The van der Waals surface area contributed by atoms with Gasteiger partial charge in [0.1, 0.15) is 12.3 Å². The highest BCUT2D eigenvalue weighted by Crippen LogP contribution is 2.25. The highest BCUT2D eigenvalue weighted by atomic mass is 16.6. The van der Waals surface area contributed by atoms with E-state index in [4.69, 9.17) is 15.2 Å². The molecule has 0 bridgehead atoms. The first kappa shape index (κ1) is 32.9. The molecule has 5 N–H and O–H groups in total. The number of likely N-dealkylation sites (N-methyl/N-ethyl adjacent to an activating group) is 1.